The van der Waals surface area contributed by atoms with Gasteiger partial charge >= 0.3 is 5.97 Å². The summed E-state index contributed by atoms with van der Waals surface area (Å²) in [5, 5.41) is 0. The predicted octanol–water partition coefficient (Wildman–Crippen LogP) is 3.48. The second-order valence-electron chi connectivity index (χ2n) is 7.04. The molecule has 0 heterocycles. The van der Waals surface area contributed by atoms with Crippen molar-refractivity contribution in [1.29, 1.82) is 0 Å². The molecule has 0 saturated carbocycles. The fraction of sp³-hybridized carbons (Fsp3) is 0.409. The molecule has 2 aromatic carbocycles. The number of benzene rings is 2. The van der Waals surface area contributed by atoms with Crippen LogP contribution in [0.15, 0.2) is 36.4 Å². The molecule has 2 aromatic rings. The van der Waals surface area contributed by atoms with Crippen LogP contribution in [0, 0.1) is 0 Å². The Labute approximate surface area is 160 Å². The van der Waals surface area contributed by atoms with E-state index in [-0.39, 0.29) is 6.61 Å². The van der Waals surface area contributed by atoms with E-state index >= 15 is 0 Å². The topological polar surface area (TPSA) is 48.0 Å². The van der Waals surface area contributed by atoms with E-state index in [1.165, 1.54) is 0 Å². The molecule has 0 aromatic heterocycles. The lowest BCUT2D eigenvalue weighted by atomic mass is 9.85. The monoisotopic (exact) mass is 369 g/mol. The molecule has 0 amide bonds. The highest BCUT2D eigenvalue weighted by Gasteiger charge is 2.30. The summed E-state index contributed by atoms with van der Waals surface area (Å²) in [6.07, 6.45) is 2.74. The number of rotatable bonds is 6. The van der Waals surface area contributed by atoms with Gasteiger partial charge in [0.2, 0.25) is 0 Å². The van der Waals surface area contributed by atoms with Gasteiger partial charge in [-0.2, -0.15) is 0 Å². The van der Waals surface area contributed by atoms with Crippen molar-refractivity contribution in [2.75, 3.05) is 28.3 Å². The number of ether oxygens (including phenoxy) is 3. The van der Waals surface area contributed by atoms with Gasteiger partial charge in [-0.05, 0) is 45.0 Å². The fourth-order valence-corrected chi connectivity index (χ4v) is 3.68. The first-order valence-corrected chi connectivity index (χ1v) is 9.19. The summed E-state index contributed by atoms with van der Waals surface area (Å²) in [6, 6.07) is 11.8. The van der Waals surface area contributed by atoms with E-state index in [0.29, 0.717) is 17.4 Å². The Hall–Kier alpha value is -2.53. The Morgan fingerprint density at radius 3 is 2.48 bits per heavy atom. The number of hydrogen-bond donors (Lipinski definition) is 0. The third kappa shape index (κ3) is 4.08. The molecule has 3 rings (SSSR count). The second kappa shape index (κ2) is 8.44. The average Bonchev–Trinajstić information content (AvgIpc) is 2.70. The molecular formula is C22H27NO4. The van der Waals surface area contributed by atoms with Gasteiger partial charge in [0.1, 0.15) is 23.7 Å². The number of methoxy groups -OCH3 is 2. The third-order valence-electron chi connectivity index (χ3n) is 5.21. The van der Waals surface area contributed by atoms with Crippen molar-refractivity contribution in [3.63, 3.8) is 0 Å². The summed E-state index contributed by atoms with van der Waals surface area (Å²) < 4.78 is 16.8. The van der Waals surface area contributed by atoms with Crippen LogP contribution < -0.4 is 9.47 Å². The lowest BCUT2D eigenvalue weighted by Crippen LogP contribution is -2.34. The largest absolute Gasteiger partial charge is 0.496 e. The SMILES string of the molecule is COc1cc(C(=O)OCc2ccccc2)c(OC)c2c1CC(N(C)C)CC2. The molecule has 0 bridgehead atoms. The number of fused-ring (bicyclic) bond motifs is 1. The molecule has 1 unspecified atom stereocenters. The second-order valence-corrected chi connectivity index (χ2v) is 7.04. The highest BCUT2D eigenvalue weighted by Crippen LogP contribution is 2.40. The zero-order valence-electron chi connectivity index (χ0n) is 16.5. The summed E-state index contributed by atoms with van der Waals surface area (Å²) in [5.41, 5.74) is 3.55. The summed E-state index contributed by atoms with van der Waals surface area (Å²) in [7, 11) is 7.43. The molecule has 0 radical (unpaired) electrons. The van der Waals surface area contributed by atoms with Gasteiger partial charge in [0.05, 0.1) is 14.2 Å². The molecule has 0 saturated heterocycles. The first-order valence-electron chi connectivity index (χ1n) is 9.19. The van der Waals surface area contributed by atoms with Crippen LogP contribution in [0.25, 0.3) is 0 Å². The standard InChI is InChI=1S/C22H27NO4/c1-23(2)16-10-11-17-18(12-16)20(25-3)13-19(21(17)26-4)22(24)27-14-15-8-6-5-7-9-15/h5-9,13,16H,10-12,14H2,1-4H3. The number of nitrogens with zero attached hydrogens (tertiary/aromatic N) is 1. The van der Waals surface area contributed by atoms with Crippen LogP contribution in [0.1, 0.15) is 33.5 Å². The number of carbonyl (C=O) groups excluding carboxylic acids is 1. The molecule has 0 fully saturated rings. The van der Waals surface area contributed by atoms with E-state index in [1.807, 2.05) is 30.3 Å². The molecule has 0 N–H and O–H groups in total. The summed E-state index contributed by atoms with van der Waals surface area (Å²) in [5.74, 6) is 0.941. The Morgan fingerprint density at radius 2 is 1.85 bits per heavy atom. The summed E-state index contributed by atoms with van der Waals surface area (Å²) in [6.45, 7) is 0.227. The fourth-order valence-electron chi connectivity index (χ4n) is 3.68. The smallest absolute Gasteiger partial charge is 0.342 e. The number of hydrogen-bond acceptors (Lipinski definition) is 5. The Morgan fingerprint density at radius 1 is 1.11 bits per heavy atom. The first-order chi connectivity index (χ1) is 13.0. The average molecular weight is 369 g/mol. The van der Waals surface area contributed by atoms with Gasteiger partial charge in [0, 0.05) is 17.2 Å². The predicted molar refractivity (Wildman–Crippen MR) is 105 cm³/mol. The molecule has 1 aliphatic rings. The van der Waals surface area contributed by atoms with Gasteiger partial charge in [0.15, 0.2) is 0 Å². The molecule has 5 heteroatoms. The molecule has 27 heavy (non-hydrogen) atoms. The van der Waals surface area contributed by atoms with Crippen LogP contribution in [-0.4, -0.2) is 45.2 Å². The maximum Gasteiger partial charge on any atom is 0.342 e. The van der Waals surface area contributed by atoms with E-state index in [2.05, 4.69) is 19.0 Å². The van der Waals surface area contributed by atoms with E-state index < -0.39 is 5.97 Å². The highest BCUT2D eigenvalue weighted by atomic mass is 16.5. The first kappa shape index (κ1) is 19.2. The quantitative estimate of drug-likeness (QED) is 0.730. The van der Waals surface area contributed by atoms with Crippen LogP contribution in [-0.2, 0) is 24.2 Å². The molecule has 0 spiro atoms. The van der Waals surface area contributed by atoms with E-state index in [9.17, 15) is 4.79 Å². The summed E-state index contributed by atoms with van der Waals surface area (Å²) in [4.78, 5) is 15.0. The molecule has 144 valence electrons. The number of esters is 1. The van der Waals surface area contributed by atoms with Crippen LogP contribution in [0.2, 0.25) is 0 Å². The molecule has 0 aliphatic heterocycles. The molecule has 5 nitrogen and oxygen atoms in total. The van der Waals surface area contributed by atoms with Crippen LogP contribution in [0.5, 0.6) is 11.5 Å². The van der Waals surface area contributed by atoms with E-state index in [1.54, 1.807) is 20.3 Å². The minimum atomic E-state index is -0.397. The third-order valence-corrected chi connectivity index (χ3v) is 5.21. The maximum absolute atomic E-state index is 12.8. The van der Waals surface area contributed by atoms with Crippen molar-refractivity contribution in [3.8, 4) is 11.5 Å². The Bertz CT molecular complexity index is 802. The van der Waals surface area contributed by atoms with Crippen LogP contribution in [0.4, 0.5) is 0 Å². The normalized spacial score (nSPS) is 16.0. The van der Waals surface area contributed by atoms with Crippen LogP contribution in [0.3, 0.4) is 0 Å². The molecule has 1 aliphatic carbocycles. The lowest BCUT2D eigenvalue weighted by molar-refractivity contribution is 0.0468. The van der Waals surface area contributed by atoms with Gasteiger partial charge in [-0.3, -0.25) is 0 Å². The Balaban J connectivity index is 1.90. The zero-order chi connectivity index (χ0) is 19.4. The van der Waals surface area contributed by atoms with Crippen molar-refractivity contribution in [3.05, 3.63) is 58.7 Å². The molecular weight excluding hydrogens is 342 g/mol. The molecule has 1 atom stereocenters. The maximum atomic E-state index is 12.8. The van der Waals surface area contributed by atoms with Crippen molar-refractivity contribution in [1.82, 2.24) is 4.90 Å². The van der Waals surface area contributed by atoms with Gasteiger partial charge in [0.25, 0.3) is 0 Å². The van der Waals surface area contributed by atoms with E-state index in [0.717, 1.165) is 41.7 Å². The van der Waals surface area contributed by atoms with Gasteiger partial charge in [-0.15, -0.1) is 0 Å². The van der Waals surface area contributed by atoms with Crippen molar-refractivity contribution >= 4 is 5.97 Å². The zero-order valence-corrected chi connectivity index (χ0v) is 16.5. The van der Waals surface area contributed by atoms with Gasteiger partial charge in [-0.1, -0.05) is 30.3 Å². The summed E-state index contributed by atoms with van der Waals surface area (Å²) >= 11 is 0. The van der Waals surface area contributed by atoms with Crippen molar-refractivity contribution < 1.29 is 19.0 Å². The minimum Gasteiger partial charge on any atom is -0.496 e. The minimum absolute atomic E-state index is 0.227. The Kier molecular flexibility index (Phi) is 6.01. The highest BCUT2D eigenvalue weighted by molar-refractivity contribution is 5.94. The van der Waals surface area contributed by atoms with E-state index in [4.69, 9.17) is 14.2 Å². The van der Waals surface area contributed by atoms with Gasteiger partial charge < -0.3 is 19.1 Å². The van der Waals surface area contributed by atoms with Gasteiger partial charge in [-0.25, -0.2) is 4.79 Å². The van der Waals surface area contributed by atoms with Crippen LogP contribution >= 0.6 is 0 Å². The van der Waals surface area contributed by atoms with Crippen molar-refractivity contribution in [2.45, 2.75) is 31.9 Å². The van der Waals surface area contributed by atoms with Crippen molar-refractivity contribution in [2.24, 2.45) is 0 Å². The lowest BCUT2D eigenvalue weighted by Gasteiger charge is -2.32. The number of likely N-dealkylation sites (N-methyl/N-ethyl adjacent to an activating group) is 1. The number of carbonyl (C=O) groups is 1.